The Hall–Kier alpha value is -2.94. The number of pyridine rings is 1. The Morgan fingerprint density at radius 3 is 2.69 bits per heavy atom. The van der Waals surface area contributed by atoms with E-state index in [0.717, 1.165) is 30.0 Å². The monoisotopic (exact) mass is 398 g/mol. The van der Waals surface area contributed by atoms with E-state index in [9.17, 15) is 4.39 Å². The van der Waals surface area contributed by atoms with Crippen LogP contribution in [0.25, 0.3) is 17.0 Å². The maximum atomic E-state index is 14.1. The highest BCUT2D eigenvalue weighted by atomic mass is 19.1. The van der Waals surface area contributed by atoms with Gasteiger partial charge < -0.3 is 20.1 Å². The van der Waals surface area contributed by atoms with Gasteiger partial charge in [0.2, 0.25) is 0 Å². The lowest BCUT2D eigenvalue weighted by Crippen LogP contribution is -2.30. The maximum Gasteiger partial charge on any atom is 0.169 e. The molecule has 9 heteroatoms. The van der Waals surface area contributed by atoms with E-state index in [-0.39, 0.29) is 6.04 Å². The van der Waals surface area contributed by atoms with Gasteiger partial charge >= 0.3 is 0 Å². The number of halogens is 1. The molecule has 0 bridgehead atoms. The number of ether oxygens (including phenoxy) is 2. The predicted molar refractivity (Wildman–Crippen MR) is 106 cm³/mol. The van der Waals surface area contributed by atoms with Crippen molar-refractivity contribution in [1.29, 1.82) is 0 Å². The van der Waals surface area contributed by atoms with Gasteiger partial charge in [0, 0.05) is 25.1 Å². The predicted octanol–water partition coefficient (Wildman–Crippen LogP) is 2.41. The Labute approximate surface area is 167 Å². The first kappa shape index (κ1) is 18.1. The molecule has 1 aliphatic heterocycles. The lowest BCUT2D eigenvalue weighted by atomic mass is 10.2. The van der Waals surface area contributed by atoms with Crippen molar-refractivity contribution in [3.05, 3.63) is 30.1 Å². The largest absolute Gasteiger partial charge is 0.495 e. The van der Waals surface area contributed by atoms with Gasteiger partial charge in [-0.15, -0.1) is 0 Å². The van der Waals surface area contributed by atoms with Gasteiger partial charge in [0.1, 0.15) is 23.3 Å². The van der Waals surface area contributed by atoms with Crippen LogP contribution in [0.4, 0.5) is 10.2 Å². The smallest absolute Gasteiger partial charge is 0.169 e. The third-order valence-corrected chi connectivity index (χ3v) is 5.47. The summed E-state index contributed by atoms with van der Waals surface area (Å²) in [5.41, 5.74) is 3.08. The van der Waals surface area contributed by atoms with Gasteiger partial charge in [0.15, 0.2) is 17.2 Å². The molecule has 3 aromatic heterocycles. The highest BCUT2D eigenvalue weighted by Crippen LogP contribution is 2.43. The number of rotatable bonds is 6. The molecule has 0 spiro atoms. The molecule has 1 aliphatic carbocycles. The van der Waals surface area contributed by atoms with Crippen LogP contribution in [0.15, 0.2) is 24.4 Å². The number of nitrogens with one attached hydrogen (secondary N) is 2. The zero-order valence-electron chi connectivity index (χ0n) is 16.4. The molecule has 152 valence electrons. The van der Waals surface area contributed by atoms with Crippen LogP contribution in [0, 0.1) is 0 Å². The van der Waals surface area contributed by atoms with E-state index in [2.05, 4.69) is 15.6 Å². The van der Waals surface area contributed by atoms with Crippen LogP contribution in [-0.2, 0) is 0 Å². The van der Waals surface area contributed by atoms with Gasteiger partial charge in [-0.2, -0.15) is 5.10 Å². The first-order valence-electron chi connectivity index (χ1n) is 9.77. The minimum Gasteiger partial charge on any atom is -0.495 e. The first-order chi connectivity index (χ1) is 14.2. The van der Waals surface area contributed by atoms with Crippen molar-refractivity contribution in [3.8, 4) is 22.9 Å². The van der Waals surface area contributed by atoms with E-state index in [1.807, 2.05) is 18.2 Å². The standard InChI is InChI=1S/C20H23FN6O2/c1-28-16-6-5-13(24-20(16)25-14-9-22-8-12(14)21)15-10-23-18-7-17(29-2)19(11-3-4-11)26-27(15)18/h5-7,10-12,14,22H,3-4,8-9H2,1-2H3,(H,24,25). The average Bonchev–Trinajstić information content (AvgIpc) is 3.39. The van der Waals surface area contributed by atoms with Crippen LogP contribution in [0.5, 0.6) is 11.5 Å². The number of aromatic nitrogens is 4. The second kappa shape index (κ2) is 7.14. The van der Waals surface area contributed by atoms with Crippen LogP contribution in [0.1, 0.15) is 24.5 Å². The molecule has 2 atom stereocenters. The van der Waals surface area contributed by atoms with Crippen molar-refractivity contribution in [2.45, 2.75) is 31.0 Å². The Morgan fingerprint density at radius 2 is 2.00 bits per heavy atom. The summed E-state index contributed by atoms with van der Waals surface area (Å²) >= 11 is 0. The molecule has 5 rings (SSSR count). The molecule has 0 amide bonds. The normalized spacial score (nSPS) is 21.5. The SMILES string of the molecule is COc1ccc(-c2cnc3cc(OC)c(C4CC4)nn23)nc1NC1CNCC1F. The molecular formula is C20H23FN6O2. The molecule has 29 heavy (non-hydrogen) atoms. The van der Waals surface area contributed by atoms with E-state index in [1.165, 1.54) is 0 Å². The fourth-order valence-electron chi connectivity index (χ4n) is 3.71. The van der Waals surface area contributed by atoms with Crippen LogP contribution in [0.2, 0.25) is 0 Å². The second-order valence-electron chi connectivity index (χ2n) is 7.46. The number of methoxy groups -OCH3 is 2. The Balaban J connectivity index is 1.55. The second-order valence-corrected chi connectivity index (χ2v) is 7.46. The number of anilines is 1. The Kier molecular flexibility index (Phi) is 4.46. The highest BCUT2D eigenvalue weighted by molar-refractivity contribution is 5.65. The summed E-state index contributed by atoms with van der Waals surface area (Å²) in [5.74, 6) is 2.27. The summed E-state index contributed by atoms with van der Waals surface area (Å²) in [4.78, 5) is 9.18. The van der Waals surface area contributed by atoms with Gasteiger partial charge in [-0.05, 0) is 25.0 Å². The van der Waals surface area contributed by atoms with Crippen molar-refractivity contribution in [2.75, 3.05) is 32.6 Å². The molecular weight excluding hydrogens is 375 g/mol. The average molecular weight is 398 g/mol. The minimum absolute atomic E-state index is 0.336. The highest BCUT2D eigenvalue weighted by Gasteiger charge is 2.30. The summed E-state index contributed by atoms with van der Waals surface area (Å²) in [6, 6.07) is 5.24. The van der Waals surface area contributed by atoms with Crippen LogP contribution in [-0.4, -0.2) is 59.1 Å². The van der Waals surface area contributed by atoms with Crippen molar-refractivity contribution in [1.82, 2.24) is 24.9 Å². The topological polar surface area (TPSA) is 85.6 Å². The quantitative estimate of drug-likeness (QED) is 0.659. The van der Waals surface area contributed by atoms with Gasteiger partial charge in [-0.25, -0.2) is 18.9 Å². The van der Waals surface area contributed by atoms with E-state index in [1.54, 1.807) is 24.9 Å². The van der Waals surface area contributed by atoms with E-state index < -0.39 is 6.17 Å². The third-order valence-electron chi connectivity index (χ3n) is 5.47. The van der Waals surface area contributed by atoms with Crippen LogP contribution in [0.3, 0.4) is 0 Å². The van der Waals surface area contributed by atoms with E-state index in [0.29, 0.717) is 41.9 Å². The van der Waals surface area contributed by atoms with Crippen molar-refractivity contribution in [3.63, 3.8) is 0 Å². The number of fused-ring (bicyclic) bond motifs is 1. The fraction of sp³-hybridized carbons (Fsp3) is 0.450. The maximum absolute atomic E-state index is 14.1. The Bertz CT molecular complexity index is 1050. The lowest BCUT2D eigenvalue weighted by Gasteiger charge is -2.17. The summed E-state index contributed by atoms with van der Waals surface area (Å²) in [6.07, 6.45) is 3.00. The summed E-state index contributed by atoms with van der Waals surface area (Å²) < 4.78 is 26.8. The van der Waals surface area contributed by atoms with Crippen LogP contribution < -0.4 is 20.1 Å². The molecule has 0 aromatic carbocycles. The lowest BCUT2D eigenvalue weighted by molar-refractivity contribution is 0.341. The molecule has 1 saturated heterocycles. The number of imidazole rings is 1. The van der Waals surface area contributed by atoms with Gasteiger partial charge in [-0.1, -0.05) is 0 Å². The molecule has 2 N–H and O–H groups in total. The molecule has 2 unspecified atom stereocenters. The molecule has 2 fully saturated rings. The van der Waals surface area contributed by atoms with Gasteiger partial charge in [0.05, 0.1) is 32.2 Å². The summed E-state index contributed by atoms with van der Waals surface area (Å²) in [6.45, 7) is 0.876. The van der Waals surface area contributed by atoms with E-state index >= 15 is 0 Å². The molecule has 0 radical (unpaired) electrons. The minimum atomic E-state index is -0.976. The number of alkyl halides is 1. The fourth-order valence-corrected chi connectivity index (χ4v) is 3.71. The number of hydrogen-bond acceptors (Lipinski definition) is 7. The van der Waals surface area contributed by atoms with Gasteiger partial charge in [-0.3, -0.25) is 0 Å². The molecule has 8 nitrogen and oxygen atoms in total. The molecule has 2 aliphatic rings. The van der Waals surface area contributed by atoms with Gasteiger partial charge in [0.25, 0.3) is 0 Å². The van der Waals surface area contributed by atoms with Crippen LogP contribution >= 0.6 is 0 Å². The van der Waals surface area contributed by atoms with Crippen molar-refractivity contribution in [2.24, 2.45) is 0 Å². The van der Waals surface area contributed by atoms with Crippen molar-refractivity contribution >= 4 is 11.5 Å². The first-order valence-corrected chi connectivity index (χ1v) is 9.77. The Morgan fingerprint density at radius 1 is 1.17 bits per heavy atom. The third kappa shape index (κ3) is 3.25. The molecule has 1 saturated carbocycles. The zero-order valence-corrected chi connectivity index (χ0v) is 16.4. The number of nitrogens with zero attached hydrogens (tertiary/aromatic N) is 4. The number of hydrogen-bond donors (Lipinski definition) is 2. The molecule has 3 aromatic rings. The molecule has 4 heterocycles. The van der Waals surface area contributed by atoms with Crippen molar-refractivity contribution < 1.29 is 13.9 Å². The summed E-state index contributed by atoms with van der Waals surface area (Å²) in [5, 5.41) is 11.0. The zero-order chi connectivity index (χ0) is 20.0. The van der Waals surface area contributed by atoms with E-state index in [4.69, 9.17) is 19.6 Å². The summed E-state index contributed by atoms with van der Waals surface area (Å²) in [7, 11) is 3.23.